The van der Waals surface area contributed by atoms with Crippen molar-refractivity contribution in [3.8, 4) is 0 Å². The molecule has 2 saturated heterocycles. The topological polar surface area (TPSA) is 107 Å². The van der Waals surface area contributed by atoms with Gasteiger partial charge in [0.2, 0.25) is 11.8 Å². The molecule has 2 aromatic rings. The Balaban J connectivity index is 1.23. The first-order chi connectivity index (χ1) is 21.1. The van der Waals surface area contributed by atoms with Crippen molar-refractivity contribution < 1.29 is 28.5 Å². The first-order valence-corrected chi connectivity index (χ1v) is 16.0. The van der Waals surface area contributed by atoms with Crippen molar-refractivity contribution in [2.24, 2.45) is 5.92 Å². The van der Waals surface area contributed by atoms with Crippen LogP contribution in [0.2, 0.25) is 0 Å². The third-order valence-corrected chi connectivity index (χ3v) is 8.70. The van der Waals surface area contributed by atoms with E-state index in [4.69, 9.17) is 18.9 Å². The molecule has 9 heteroatoms. The van der Waals surface area contributed by atoms with Gasteiger partial charge in [-0.15, -0.1) is 0 Å². The largest absolute Gasteiger partial charge is 0.350 e. The molecule has 1 saturated carbocycles. The molecular formula is C34H47N3O6. The minimum Gasteiger partial charge on any atom is -0.350 e. The number of carbonyl (C=O) groups excluding carboxylic acids is 2. The Kier molecular flexibility index (Phi) is 12.0. The first-order valence-electron chi connectivity index (χ1n) is 16.0. The molecule has 2 aliphatic heterocycles. The molecule has 43 heavy (non-hydrogen) atoms. The highest BCUT2D eigenvalue weighted by Crippen LogP contribution is 2.33. The number of unbranched alkanes of at least 4 members (excludes halogenated alkanes) is 1. The Bertz CT molecular complexity index is 1120. The maximum absolute atomic E-state index is 14.0. The summed E-state index contributed by atoms with van der Waals surface area (Å²) in [7, 11) is 0. The molecule has 2 heterocycles. The van der Waals surface area contributed by atoms with Gasteiger partial charge in [-0.25, -0.2) is 0 Å². The van der Waals surface area contributed by atoms with Gasteiger partial charge in [0.15, 0.2) is 12.1 Å². The molecule has 0 bridgehead atoms. The molecule has 2 unspecified atom stereocenters. The fraction of sp³-hybridized carbons (Fsp3) is 0.588. The molecule has 9 nitrogen and oxygen atoms in total. The van der Waals surface area contributed by atoms with Crippen molar-refractivity contribution in [3.05, 3.63) is 71.8 Å². The van der Waals surface area contributed by atoms with Crippen LogP contribution < -0.4 is 16.0 Å². The van der Waals surface area contributed by atoms with Crippen LogP contribution in [0.4, 0.5) is 0 Å². The minimum atomic E-state index is -1.01. The summed E-state index contributed by atoms with van der Waals surface area (Å²) in [4.78, 5) is 27.0. The molecule has 2 atom stereocenters. The molecule has 0 spiro atoms. The number of nitrogens with one attached hydrogen (secondary N) is 3. The number of hydrogen-bond acceptors (Lipinski definition) is 7. The van der Waals surface area contributed by atoms with Crippen molar-refractivity contribution in [2.75, 3.05) is 33.0 Å². The van der Waals surface area contributed by atoms with E-state index in [-0.39, 0.29) is 24.0 Å². The summed E-state index contributed by atoms with van der Waals surface area (Å²) < 4.78 is 23.9. The van der Waals surface area contributed by atoms with Gasteiger partial charge in [-0.3, -0.25) is 9.59 Å². The maximum Gasteiger partial charge on any atom is 0.242 e. The van der Waals surface area contributed by atoms with E-state index in [1.807, 2.05) is 48.5 Å². The van der Waals surface area contributed by atoms with Gasteiger partial charge < -0.3 is 34.9 Å². The molecule has 0 aromatic heterocycles. The average molecular weight is 594 g/mol. The van der Waals surface area contributed by atoms with Gasteiger partial charge in [-0.05, 0) is 56.2 Å². The number of hydrogen-bond donors (Lipinski definition) is 3. The summed E-state index contributed by atoms with van der Waals surface area (Å²) in [6, 6.07) is 19.3. The first kappa shape index (κ1) is 31.6. The summed E-state index contributed by atoms with van der Waals surface area (Å²) >= 11 is 0. The zero-order valence-electron chi connectivity index (χ0n) is 25.1. The molecule has 5 rings (SSSR count). The van der Waals surface area contributed by atoms with E-state index < -0.39 is 17.9 Å². The van der Waals surface area contributed by atoms with Crippen molar-refractivity contribution in [3.63, 3.8) is 0 Å². The third-order valence-electron chi connectivity index (χ3n) is 8.70. The number of rotatable bonds is 17. The van der Waals surface area contributed by atoms with E-state index in [2.05, 4.69) is 28.1 Å². The van der Waals surface area contributed by atoms with E-state index in [0.29, 0.717) is 52.1 Å². The van der Waals surface area contributed by atoms with Crippen molar-refractivity contribution in [1.29, 1.82) is 0 Å². The Morgan fingerprint density at radius 2 is 1.51 bits per heavy atom. The Labute approximate surface area is 255 Å². The van der Waals surface area contributed by atoms with E-state index in [1.54, 1.807) is 0 Å². The highest BCUT2D eigenvalue weighted by atomic mass is 16.7. The second-order valence-electron chi connectivity index (χ2n) is 11.8. The molecule has 234 valence electrons. The van der Waals surface area contributed by atoms with Gasteiger partial charge in [-0.2, -0.15) is 0 Å². The normalized spacial score (nSPS) is 19.9. The van der Waals surface area contributed by atoms with Gasteiger partial charge in [0, 0.05) is 25.3 Å². The van der Waals surface area contributed by atoms with E-state index in [1.165, 1.54) is 5.56 Å². The molecule has 3 fully saturated rings. The number of benzene rings is 2. The Morgan fingerprint density at radius 1 is 0.837 bits per heavy atom. The third kappa shape index (κ3) is 9.33. The van der Waals surface area contributed by atoms with Crippen LogP contribution in [0.15, 0.2) is 60.7 Å². The van der Waals surface area contributed by atoms with Gasteiger partial charge in [0.1, 0.15) is 6.04 Å². The van der Waals surface area contributed by atoms with Gasteiger partial charge in [0.05, 0.1) is 32.5 Å². The van der Waals surface area contributed by atoms with Crippen LogP contribution in [0.25, 0.3) is 0 Å². The highest BCUT2D eigenvalue weighted by molar-refractivity contribution is 5.89. The van der Waals surface area contributed by atoms with Crippen molar-refractivity contribution in [1.82, 2.24) is 16.0 Å². The predicted octanol–water partition coefficient (Wildman–Crippen LogP) is 3.86. The summed E-state index contributed by atoms with van der Waals surface area (Å²) in [5.74, 6) is -1.23. The molecular weight excluding hydrogens is 546 g/mol. The van der Waals surface area contributed by atoms with Crippen LogP contribution in [0.5, 0.6) is 0 Å². The molecule has 3 aliphatic rings. The Morgan fingerprint density at radius 3 is 2.16 bits per heavy atom. The van der Waals surface area contributed by atoms with E-state index in [0.717, 1.165) is 50.8 Å². The van der Waals surface area contributed by atoms with Crippen LogP contribution >= 0.6 is 0 Å². The number of amides is 2. The molecule has 2 amide bonds. The van der Waals surface area contributed by atoms with Gasteiger partial charge >= 0.3 is 0 Å². The van der Waals surface area contributed by atoms with Crippen LogP contribution in [0.1, 0.15) is 62.5 Å². The van der Waals surface area contributed by atoms with Crippen molar-refractivity contribution >= 4 is 11.8 Å². The number of carbonyl (C=O) groups is 2. The molecule has 1 aliphatic carbocycles. The summed E-state index contributed by atoms with van der Waals surface area (Å²) in [6.07, 6.45) is 6.45. The number of ether oxygens (including phenoxy) is 4. The zero-order valence-corrected chi connectivity index (χ0v) is 25.1. The monoisotopic (exact) mass is 593 g/mol. The minimum absolute atomic E-state index is 0.00204. The summed E-state index contributed by atoms with van der Waals surface area (Å²) in [5.41, 5.74) is 2.31. The predicted molar refractivity (Wildman–Crippen MR) is 163 cm³/mol. The average Bonchev–Trinajstić information content (AvgIpc) is 3.70. The van der Waals surface area contributed by atoms with Crippen LogP contribution in [0, 0.1) is 5.92 Å². The zero-order chi connectivity index (χ0) is 29.7. The fourth-order valence-electron chi connectivity index (χ4n) is 5.98. The summed E-state index contributed by atoms with van der Waals surface area (Å²) in [5, 5.41) is 9.85. The summed E-state index contributed by atoms with van der Waals surface area (Å²) in [6.45, 7) is 3.70. The standard InChI is InChI=1S/C34H47N3O6/c38-32(28-14-9-15-28)36-29(16-7-8-19-35-25-27-12-5-2-6-13-27)33(39)37-30(24-26-10-3-1-4-11-26)34(42-22-23-43-34)18-17-31-40-20-21-41-31/h1-6,10-13,28-31,35H,7-9,14-25H2,(H,36,38)(H,37,39). The highest BCUT2D eigenvalue weighted by Gasteiger charge is 2.46. The van der Waals surface area contributed by atoms with Crippen LogP contribution in [0.3, 0.4) is 0 Å². The van der Waals surface area contributed by atoms with E-state index in [9.17, 15) is 9.59 Å². The molecule has 3 N–H and O–H groups in total. The van der Waals surface area contributed by atoms with Gasteiger partial charge in [0.25, 0.3) is 0 Å². The lowest BCUT2D eigenvalue weighted by atomic mass is 9.84. The second kappa shape index (κ2) is 16.3. The lowest BCUT2D eigenvalue weighted by Crippen LogP contribution is -2.59. The van der Waals surface area contributed by atoms with Crippen molar-refractivity contribution in [2.45, 2.75) is 88.5 Å². The quantitative estimate of drug-likeness (QED) is 0.239. The maximum atomic E-state index is 14.0. The van der Waals surface area contributed by atoms with Crippen LogP contribution in [-0.2, 0) is 41.5 Å². The molecule has 2 aromatic carbocycles. The van der Waals surface area contributed by atoms with Crippen LogP contribution in [-0.4, -0.2) is 68.9 Å². The molecule has 0 radical (unpaired) electrons. The lowest BCUT2D eigenvalue weighted by Gasteiger charge is -2.38. The van der Waals surface area contributed by atoms with E-state index >= 15 is 0 Å². The Hall–Kier alpha value is -2.82. The fourth-order valence-corrected chi connectivity index (χ4v) is 5.98. The smallest absolute Gasteiger partial charge is 0.242 e. The lowest BCUT2D eigenvalue weighted by molar-refractivity contribution is -0.195. The second-order valence-corrected chi connectivity index (χ2v) is 11.8. The van der Waals surface area contributed by atoms with Gasteiger partial charge in [-0.1, -0.05) is 67.1 Å². The SMILES string of the molecule is O=C(NC(CCCCNCc1ccccc1)C(=O)NC(Cc1ccccc1)C1(CCC2OCCO2)OCCO1)C1CCC1.